The van der Waals surface area contributed by atoms with Crippen LogP contribution in [0.5, 0.6) is 5.75 Å². The fraction of sp³-hybridized carbons (Fsp3) is 0.364. The van der Waals surface area contributed by atoms with Gasteiger partial charge in [-0.25, -0.2) is 0 Å². The van der Waals surface area contributed by atoms with Crippen LogP contribution in [0.3, 0.4) is 0 Å². The molecule has 0 aliphatic carbocycles. The number of methoxy groups -OCH3 is 1. The molecule has 0 aliphatic heterocycles. The van der Waals surface area contributed by atoms with Crippen molar-refractivity contribution in [2.24, 2.45) is 0 Å². The first-order valence-electron chi connectivity index (χ1n) is 4.33. The summed E-state index contributed by atoms with van der Waals surface area (Å²) >= 11 is 3.32. The van der Waals surface area contributed by atoms with E-state index in [1.165, 1.54) is 6.42 Å². The molecule has 1 nitrogen and oxygen atoms in total. The van der Waals surface area contributed by atoms with Crippen molar-refractivity contribution >= 4 is 15.9 Å². The Balaban J connectivity index is 0. The SMILES string of the molecule is COc1ccc(Br)cc1.[CH2-]CCC.[Li+]. The van der Waals surface area contributed by atoms with Gasteiger partial charge < -0.3 is 11.7 Å². The molecular weight excluding hydrogens is 235 g/mol. The molecule has 1 aromatic carbocycles. The molecule has 0 spiro atoms. The van der Waals surface area contributed by atoms with Gasteiger partial charge in [-0.3, -0.25) is 0 Å². The predicted molar refractivity (Wildman–Crippen MR) is 61.0 cm³/mol. The molecule has 0 aliphatic rings. The average molecular weight is 251 g/mol. The third kappa shape index (κ3) is 8.68. The van der Waals surface area contributed by atoms with Crippen LogP contribution < -0.4 is 23.6 Å². The molecule has 0 bridgehead atoms. The third-order valence-electron chi connectivity index (χ3n) is 1.40. The van der Waals surface area contributed by atoms with Crippen LogP contribution in [-0.4, -0.2) is 7.11 Å². The Morgan fingerprint density at radius 3 is 2.00 bits per heavy atom. The van der Waals surface area contributed by atoms with Gasteiger partial charge in [-0.2, -0.15) is 6.42 Å². The first-order chi connectivity index (χ1) is 6.24. The molecule has 0 atom stereocenters. The number of unbranched alkanes of at least 4 members (excludes halogenated alkanes) is 1. The van der Waals surface area contributed by atoms with Crippen LogP contribution in [0.25, 0.3) is 0 Å². The fourth-order valence-electron chi connectivity index (χ4n) is 0.571. The predicted octanol–water partition coefficient (Wildman–Crippen LogP) is 1.08. The smallest absolute Gasteiger partial charge is 0.497 e. The number of ether oxygens (including phenoxy) is 1. The molecule has 0 aromatic heterocycles. The van der Waals surface area contributed by atoms with E-state index in [9.17, 15) is 0 Å². The summed E-state index contributed by atoms with van der Waals surface area (Å²) in [4.78, 5) is 0. The van der Waals surface area contributed by atoms with Gasteiger partial charge in [0.25, 0.3) is 0 Å². The zero-order valence-corrected chi connectivity index (χ0v) is 10.8. The van der Waals surface area contributed by atoms with Crippen LogP contribution in [0, 0.1) is 6.92 Å². The average Bonchev–Trinajstić information content (AvgIpc) is 2.19. The molecule has 74 valence electrons. The Morgan fingerprint density at radius 1 is 1.29 bits per heavy atom. The summed E-state index contributed by atoms with van der Waals surface area (Å²) in [6.45, 7) is 5.72. The topological polar surface area (TPSA) is 9.23 Å². The van der Waals surface area contributed by atoms with Crippen LogP contribution in [0.2, 0.25) is 0 Å². The third-order valence-corrected chi connectivity index (χ3v) is 1.93. The molecule has 0 saturated heterocycles. The molecule has 0 radical (unpaired) electrons. The van der Waals surface area contributed by atoms with Gasteiger partial charge in [0.05, 0.1) is 7.11 Å². The maximum atomic E-state index is 4.95. The molecule has 0 unspecified atom stereocenters. The van der Waals surface area contributed by atoms with Crippen molar-refractivity contribution in [1.82, 2.24) is 0 Å². The maximum absolute atomic E-state index is 4.95. The van der Waals surface area contributed by atoms with Crippen LogP contribution in [0.4, 0.5) is 0 Å². The standard InChI is InChI=1S/C7H7BrO.C4H9.Li/c1-9-7-4-2-6(8)3-5-7;1-3-4-2;/h2-5H,1H3;1,3-4H2,2H3;/q;-1;+1. The van der Waals surface area contributed by atoms with Gasteiger partial charge in [-0.05, 0) is 24.3 Å². The summed E-state index contributed by atoms with van der Waals surface area (Å²) in [5.74, 6) is 0.887. The number of benzene rings is 1. The Bertz CT molecular complexity index is 209. The zero-order valence-electron chi connectivity index (χ0n) is 9.22. The summed E-state index contributed by atoms with van der Waals surface area (Å²) in [6.07, 6.45) is 2.28. The summed E-state index contributed by atoms with van der Waals surface area (Å²) in [5.41, 5.74) is 0. The van der Waals surface area contributed by atoms with Crippen molar-refractivity contribution in [2.75, 3.05) is 7.11 Å². The summed E-state index contributed by atoms with van der Waals surface area (Å²) in [6, 6.07) is 7.70. The van der Waals surface area contributed by atoms with E-state index in [4.69, 9.17) is 4.74 Å². The summed E-state index contributed by atoms with van der Waals surface area (Å²) in [5, 5.41) is 0. The Labute approximate surface area is 108 Å². The van der Waals surface area contributed by atoms with E-state index < -0.39 is 0 Å². The minimum absolute atomic E-state index is 0. The molecule has 1 rings (SSSR count). The van der Waals surface area contributed by atoms with E-state index in [2.05, 4.69) is 29.8 Å². The normalized spacial score (nSPS) is 8.00. The molecule has 0 fully saturated rings. The van der Waals surface area contributed by atoms with Crippen molar-refractivity contribution in [3.05, 3.63) is 35.7 Å². The first-order valence-corrected chi connectivity index (χ1v) is 5.12. The van der Waals surface area contributed by atoms with Crippen LogP contribution in [0.15, 0.2) is 28.7 Å². The van der Waals surface area contributed by atoms with E-state index >= 15 is 0 Å². The molecule has 3 heteroatoms. The molecule has 0 amide bonds. The van der Waals surface area contributed by atoms with Crippen molar-refractivity contribution in [3.63, 3.8) is 0 Å². The minimum Gasteiger partial charge on any atom is -0.497 e. The van der Waals surface area contributed by atoms with Gasteiger partial charge in [0.1, 0.15) is 5.75 Å². The van der Waals surface area contributed by atoms with E-state index in [0.717, 1.165) is 16.6 Å². The van der Waals surface area contributed by atoms with E-state index in [1.807, 2.05) is 24.3 Å². The van der Waals surface area contributed by atoms with Gasteiger partial charge in [0, 0.05) is 4.47 Å². The molecule has 0 heterocycles. The Morgan fingerprint density at radius 2 is 1.71 bits per heavy atom. The molecule has 14 heavy (non-hydrogen) atoms. The Hall–Kier alpha value is 0.0974. The van der Waals surface area contributed by atoms with Crippen molar-refractivity contribution in [2.45, 2.75) is 19.8 Å². The van der Waals surface area contributed by atoms with Gasteiger partial charge in [-0.1, -0.05) is 29.3 Å². The van der Waals surface area contributed by atoms with E-state index in [1.54, 1.807) is 7.11 Å². The van der Waals surface area contributed by atoms with Gasteiger partial charge in [0.2, 0.25) is 0 Å². The Kier molecular flexibility index (Phi) is 13.2. The minimum atomic E-state index is 0. The van der Waals surface area contributed by atoms with Crippen LogP contribution in [0.1, 0.15) is 19.8 Å². The fourth-order valence-corrected chi connectivity index (χ4v) is 0.835. The zero-order chi connectivity index (χ0) is 10.1. The number of halogens is 1. The molecular formula is C11H16BrLiO. The van der Waals surface area contributed by atoms with Gasteiger partial charge in [0.15, 0.2) is 0 Å². The van der Waals surface area contributed by atoms with Crippen LogP contribution in [-0.2, 0) is 0 Å². The quantitative estimate of drug-likeness (QED) is 0.564. The van der Waals surface area contributed by atoms with Crippen molar-refractivity contribution in [3.8, 4) is 5.75 Å². The first kappa shape index (κ1) is 16.5. The van der Waals surface area contributed by atoms with E-state index in [-0.39, 0.29) is 18.9 Å². The van der Waals surface area contributed by atoms with Crippen molar-refractivity contribution < 1.29 is 23.6 Å². The summed E-state index contributed by atoms with van der Waals surface area (Å²) in [7, 11) is 1.66. The number of hydrogen-bond donors (Lipinski definition) is 0. The second-order valence-corrected chi connectivity index (χ2v) is 3.43. The molecule has 1 aromatic rings. The number of rotatable bonds is 2. The number of hydrogen-bond acceptors (Lipinski definition) is 1. The largest absolute Gasteiger partial charge is 1.00 e. The van der Waals surface area contributed by atoms with Crippen molar-refractivity contribution in [1.29, 1.82) is 0 Å². The molecule has 0 saturated carbocycles. The maximum Gasteiger partial charge on any atom is 1.00 e. The van der Waals surface area contributed by atoms with E-state index in [0.29, 0.717) is 0 Å². The monoisotopic (exact) mass is 250 g/mol. The second-order valence-electron chi connectivity index (χ2n) is 2.51. The molecule has 0 N–H and O–H groups in total. The van der Waals surface area contributed by atoms with Gasteiger partial charge >= 0.3 is 18.9 Å². The summed E-state index contributed by atoms with van der Waals surface area (Å²) < 4.78 is 6.02. The van der Waals surface area contributed by atoms with Gasteiger partial charge in [-0.15, -0.1) is 0 Å². The second kappa shape index (κ2) is 11.2. The van der Waals surface area contributed by atoms with Crippen LogP contribution >= 0.6 is 15.9 Å².